The van der Waals surface area contributed by atoms with Gasteiger partial charge in [0, 0.05) is 6.04 Å². The molecule has 27 heavy (non-hydrogen) atoms. The highest BCUT2D eigenvalue weighted by molar-refractivity contribution is 7.89. The van der Waals surface area contributed by atoms with Crippen LogP contribution in [0.15, 0.2) is 35.2 Å². The quantitative estimate of drug-likeness (QED) is 0.843. The van der Waals surface area contributed by atoms with E-state index in [1.165, 1.54) is 30.2 Å². The molecule has 2 aromatic rings. The summed E-state index contributed by atoms with van der Waals surface area (Å²) in [5, 5.41) is 0. The average Bonchev–Trinajstić information content (AvgIpc) is 3.14. The van der Waals surface area contributed by atoms with Gasteiger partial charge < -0.3 is 4.74 Å². The molecule has 0 fully saturated rings. The minimum atomic E-state index is -3.67. The van der Waals surface area contributed by atoms with Gasteiger partial charge in [-0.1, -0.05) is 18.2 Å². The zero-order chi connectivity index (χ0) is 19.0. The number of hydrogen-bond acceptors (Lipinski definition) is 3. The maximum atomic E-state index is 13.1. The van der Waals surface area contributed by atoms with Crippen molar-refractivity contribution in [3.63, 3.8) is 0 Å². The molecular weight excluding hydrogens is 358 g/mol. The van der Waals surface area contributed by atoms with Crippen LogP contribution in [0.4, 0.5) is 0 Å². The predicted molar refractivity (Wildman–Crippen MR) is 107 cm³/mol. The molecule has 0 unspecified atom stereocenters. The number of methoxy groups -OCH3 is 1. The molecule has 0 saturated carbocycles. The first-order valence-corrected chi connectivity index (χ1v) is 11.3. The fourth-order valence-electron chi connectivity index (χ4n) is 4.34. The molecule has 2 aliphatic carbocycles. The summed E-state index contributed by atoms with van der Waals surface area (Å²) in [4.78, 5) is 0.249. The first kappa shape index (κ1) is 18.5. The van der Waals surface area contributed by atoms with Crippen LogP contribution in [0.5, 0.6) is 5.75 Å². The molecular formula is C22H27NO3S. The number of benzene rings is 2. The van der Waals surface area contributed by atoms with E-state index in [0.717, 1.165) is 49.7 Å². The van der Waals surface area contributed by atoms with Crippen LogP contribution in [-0.2, 0) is 35.7 Å². The first-order chi connectivity index (χ1) is 13.0. The van der Waals surface area contributed by atoms with Crippen molar-refractivity contribution in [2.75, 3.05) is 7.11 Å². The van der Waals surface area contributed by atoms with E-state index >= 15 is 0 Å². The monoisotopic (exact) mass is 385 g/mol. The number of rotatable bonds is 5. The van der Waals surface area contributed by atoms with Gasteiger partial charge in [-0.15, -0.1) is 0 Å². The van der Waals surface area contributed by atoms with E-state index in [4.69, 9.17) is 4.74 Å². The third-order valence-electron chi connectivity index (χ3n) is 5.87. The smallest absolute Gasteiger partial charge is 0.244 e. The van der Waals surface area contributed by atoms with Crippen molar-refractivity contribution in [1.82, 2.24) is 4.72 Å². The molecule has 0 radical (unpaired) electrons. The van der Waals surface area contributed by atoms with Crippen LogP contribution < -0.4 is 9.46 Å². The number of nitrogens with one attached hydrogen (secondary N) is 1. The summed E-state index contributed by atoms with van der Waals surface area (Å²) in [5.41, 5.74) is 6.10. The van der Waals surface area contributed by atoms with Crippen molar-refractivity contribution in [2.24, 2.45) is 0 Å². The van der Waals surface area contributed by atoms with E-state index in [1.54, 1.807) is 0 Å². The Morgan fingerprint density at radius 2 is 1.52 bits per heavy atom. The molecule has 0 heterocycles. The zero-order valence-corrected chi connectivity index (χ0v) is 16.9. The van der Waals surface area contributed by atoms with Gasteiger partial charge in [0.1, 0.15) is 10.6 Å². The third-order valence-corrected chi connectivity index (χ3v) is 7.43. The minimum Gasteiger partial charge on any atom is -0.495 e. The number of hydrogen-bond donors (Lipinski definition) is 1. The highest BCUT2D eigenvalue weighted by atomic mass is 32.2. The topological polar surface area (TPSA) is 55.4 Å². The van der Waals surface area contributed by atoms with Gasteiger partial charge >= 0.3 is 0 Å². The molecule has 144 valence electrons. The van der Waals surface area contributed by atoms with E-state index in [-0.39, 0.29) is 10.9 Å². The molecule has 2 aromatic carbocycles. The molecule has 0 aliphatic heterocycles. The van der Waals surface area contributed by atoms with Crippen molar-refractivity contribution < 1.29 is 13.2 Å². The molecule has 0 amide bonds. The van der Waals surface area contributed by atoms with Gasteiger partial charge in [0.2, 0.25) is 10.0 Å². The molecule has 0 spiro atoms. The second kappa shape index (κ2) is 7.28. The molecule has 0 bridgehead atoms. The Hall–Kier alpha value is -1.85. The van der Waals surface area contributed by atoms with Crippen LogP contribution in [0, 0.1) is 0 Å². The van der Waals surface area contributed by atoms with Crippen molar-refractivity contribution in [3.8, 4) is 5.75 Å². The molecule has 4 nitrogen and oxygen atoms in total. The Kier molecular flexibility index (Phi) is 4.99. The van der Waals surface area contributed by atoms with Crippen LogP contribution in [-0.4, -0.2) is 15.5 Å². The largest absolute Gasteiger partial charge is 0.495 e. The predicted octanol–water partition coefficient (Wildman–Crippen LogP) is 4.10. The summed E-state index contributed by atoms with van der Waals surface area (Å²) < 4.78 is 34.5. The molecule has 4 rings (SSSR count). The highest BCUT2D eigenvalue weighted by Gasteiger charge is 2.25. The lowest BCUT2D eigenvalue weighted by molar-refractivity contribution is 0.400. The van der Waals surface area contributed by atoms with Crippen molar-refractivity contribution in [1.29, 1.82) is 0 Å². The SMILES string of the molecule is COc1cc2c(cc1S(=O)(=O)N[C@@H](C)c1ccc3c(c1)CCC3)CCCC2. The number of ether oxygens (including phenoxy) is 1. The summed E-state index contributed by atoms with van der Waals surface area (Å²) in [6, 6.07) is 9.76. The lowest BCUT2D eigenvalue weighted by Crippen LogP contribution is -2.27. The molecule has 1 N–H and O–H groups in total. The Labute approximate surface area is 162 Å². The van der Waals surface area contributed by atoms with Gasteiger partial charge in [-0.3, -0.25) is 0 Å². The van der Waals surface area contributed by atoms with Gasteiger partial charge in [-0.05, 0) is 91.8 Å². The van der Waals surface area contributed by atoms with Crippen LogP contribution in [0.2, 0.25) is 0 Å². The molecule has 2 aliphatic rings. The van der Waals surface area contributed by atoms with Crippen LogP contribution in [0.25, 0.3) is 0 Å². The Bertz CT molecular complexity index is 966. The molecule has 5 heteroatoms. The first-order valence-electron chi connectivity index (χ1n) is 9.82. The second-order valence-corrected chi connectivity index (χ2v) is 9.39. The van der Waals surface area contributed by atoms with Gasteiger partial charge in [-0.2, -0.15) is 0 Å². The lowest BCUT2D eigenvalue weighted by atomic mass is 9.92. The maximum Gasteiger partial charge on any atom is 0.244 e. The summed E-state index contributed by atoms with van der Waals surface area (Å²) >= 11 is 0. The number of aryl methyl sites for hydroxylation is 4. The number of fused-ring (bicyclic) bond motifs is 2. The normalized spacial score (nSPS) is 17.3. The molecule has 1 atom stereocenters. The van der Waals surface area contributed by atoms with Crippen molar-refractivity contribution in [2.45, 2.75) is 62.8 Å². The molecule has 0 saturated heterocycles. The van der Waals surface area contributed by atoms with E-state index in [9.17, 15) is 8.42 Å². The molecule has 0 aromatic heterocycles. The lowest BCUT2D eigenvalue weighted by Gasteiger charge is -2.21. The second-order valence-electron chi connectivity index (χ2n) is 7.70. The number of sulfonamides is 1. The van der Waals surface area contributed by atoms with Crippen LogP contribution in [0.1, 0.15) is 60.0 Å². The Morgan fingerprint density at radius 1 is 0.889 bits per heavy atom. The van der Waals surface area contributed by atoms with Gasteiger partial charge in [0.05, 0.1) is 7.11 Å². The van der Waals surface area contributed by atoms with E-state index in [2.05, 4.69) is 16.9 Å². The summed E-state index contributed by atoms with van der Waals surface area (Å²) in [6.07, 6.45) is 7.58. The maximum absolute atomic E-state index is 13.1. The van der Waals surface area contributed by atoms with E-state index < -0.39 is 10.0 Å². The summed E-state index contributed by atoms with van der Waals surface area (Å²) in [5.74, 6) is 0.435. The van der Waals surface area contributed by atoms with Gasteiger partial charge in [0.15, 0.2) is 0 Å². The van der Waals surface area contributed by atoms with E-state index in [1.807, 2.05) is 25.1 Å². The highest BCUT2D eigenvalue weighted by Crippen LogP contribution is 2.33. The summed E-state index contributed by atoms with van der Waals surface area (Å²) in [7, 11) is -2.14. The van der Waals surface area contributed by atoms with Gasteiger partial charge in [-0.25, -0.2) is 13.1 Å². The van der Waals surface area contributed by atoms with Crippen LogP contribution >= 0.6 is 0 Å². The summed E-state index contributed by atoms with van der Waals surface area (Å²) in [6.45, 7) is 1.90. The average molecular weight is 386 g/mol. The van der Waals surface area contributed by atoms with Gasteiger partial charge in [0.25, 0.3) is 0 Å². The fraction of sp³-hybridized carbons (Fsp3) is 0.455. The van der Waals surface area contributed by atoms with Crippen LogP contribution in [0.3, 0.4) is 0 Å². The van der Waals surface area contributed by atoms with Crippen molar-refractivity contribution in [3.05, 3.63) is 58.1 Å². The zero-order valence-electron chi connectivity index (χ0n) is 16.0. The van der Waals surface area contributed by atoms with Crippen molar-refractivity contribution >= 4 is 10.0 Å². The Balaban J connectivity index is 1.63. The van der Waals surface area contributed by atoms with E-state index in [0.29, 0.717) is 5.75 Å². The Morgan fingerprint density at radius 3 is 2.26 bits per heavy atom. The fourth-order valence-corrected chi connectivity index (χ4v) is 5.77. The minimum absolute atomic E-state index is 0.249. The standard InChI is InChI=1S/C22H27NO3S/c1-15(17-11-10-16-8-5-9-18(16)12-17)23-27(24,25)22-14-20-7-4-3-6-19(20)13-21(22)26-2/h10-15,23H,3-9H2,1-2H3/t15-/m0/s1. The third kappa shape index (κ3) is 3.63.